The summed E-state index contributed by atoms with van der Waals surface area (Å²) in [6.07, 6.45) is 5.37. The highest BCUT2D eigenvalue weighted by molar-refractivity contribution is 6.23. The lowest BCUT2D eigenvalue weighted by Gasteiger charge is -2.35. The highest BCUT2D eigenvalue weighted by atomic mass is 19.1. The van der Waals surface area contributed by atoms with Crippen LogP contribution >= 0.6 is 0 Å². The fourth-order valence-corrected chi connectivity index (χ4v) is 4.81. The number of rotatable bonds is 5. The molecule has 1 aliphatic carbocycles. The van der Waals surface area contributed by atoms with Gasteiger partial charge in [-0.05, 0) is 61.4 Å². The fourth-order valence-electron chi connectivity index (χ4n) is 4.81. The van der Waals surface area contributed by atoms with Crippen LogP contribution in [-0.4, -0.2) is 47.8 Å². The molecule has 4 rings (SSSR count). The lowest BCUT2D eigenvalue weighted by molar-refractivity contribution is -0.123. The second-order valence-electron chi connectivity index (χ2n) is 8.69. The predicted molar refractivity (Wildman–Crippen MR) is 123 cm³/mol. The van der Waals surface area contributed by atoms with E-state index in [9.17, 15) is 23.6 Å². The molecule has 2 aromatic carbocycles. The van der Waals surface area contributed by atoms with Gasteiger partial charge in [-0.3, -0.25) is 14.4 Å². The van der Waals surface area contributed by atoms with Gasteiger partial charge in [0.2, 0.25) is 5.91 Å². The van der Waals surface area contributed by atoms with Crippen LogP contribution in [0.4, 0.5) is 10.1 Å². The fraction of sp³-hybridized carbons (Fsp3) is 0.385. The van der Waals surface area contributed by atoms with E-state index in [1.54, 1.807) is 4.90 Å². The number of methoxy groups -OCH3 is 1. The average molecular weight is 467 g/mol. The smallest absolute Gasteiger partial charge is 0.337 e. The van der Waals surface area contributed by atoms with Crippen molar-refractivity contribution in [2.45, 2.75) is 57.0 Å². The number of nitrogens with zero attached hydrogens (tertiary/aromatic N) is 2. The summed E-state index contributed by atoms with van der Waals surface area (Å²) < 4.78 is 18.1. The molecule has 3 amide bonds. The molecular weight excluding hydrogens is 439 g/mol. The SMILES string of the molecule is COC(=O)c1ccc(N2C(=O)CC(N(C(=O)c3ccc(F)cc3)C3CCCCCC3)C2=O)cc1. The van der Waals surface area contributed by atoms with E-state index in [1.807, 2.05) is 0 Å². The summed E-state index contributed by atoms with van der Waals surface area (Å²) in [7, 11) is 1.27. The van der Waals surface area contributed by atoms with Crippen LogP contribution in [0.15, 0.2) is 48.5 Å². The summed E-state index contributed by atoms with van der Waals surface area (Å²) in [6.45, 7) is 0. The Kier molecular flexibility index (Phi) is 7.05. The number of benzene rings is 2. The number of ether oxygens (including phenoxy) is 1. The first kappa shape index (κ1) is 23.6. The standard InChI is InChI=1S/C26H27FN2O5/c1-34-26(33)18-10-14-21(15-11-18)29-23(30)16-22(25(29)32)28(20-6-4-2-3-5-7-20)24(31)17-8-12-19(27)13-9-17/h8-15,20,22H,2-7,16H2,1H3. The third kappa shape index (κ3) is 4.71. The zero-order valence-electron chi connectivity index (χ0n) is 19.0. The van der Waals surface area contributed by atoms with E-state index in [0.29, 0.717) is 11.3 Å². The molecule has 34 heavy (non-hydrogen) atoms. The van der Waals surface area contributed by atoms with Crippen molar-refractivity contribution in [3.63, 3.8) is 0 Å². The Morgan fingerprint density at radius 1 is 0.912 bits per heavy atom. The van der Waals surface area contributed by atoms with E-state index in [4.69, 9.17) is 4.74 Å². The van der Waals surface area contributed by atoms with Gasteiger partial charge in [0.1, 0.15) is 11.9 Å². The van der Waals surface area contributed by atoms with E-state index in [0.717, 1.165) is 43.4 Å². The number of hydrogen-bond donors (Lipinski definition) is 0. The number of imide groups is 1. The monoisotopic (exact) mass is 466 g/mol. The number of carbonyl (C=O) groups is 4. The maximum absolute atomic E-state index is 13.6. The van der Waals surface area contributed by atoms with Gasteiger partial charge < -0.3 is 9.64 Å². The normalized spacial score (nSPS) is 19.1. The van der Waals surface area contributed by atoms with Crippen LogP contribution in [0.25, 0.3) is 0 Å². The molecule has 0 aromatic heterocycles. The molecule has 7 nitrogen and oxygen atoms in total. The molecule has 2 fully saturated rings. The van der Waals surface area contributed by atoms with Crippen molar-refractivity contribution in [2.24, 2.45) is 0 Å². The van der Waals surface area contributed by atoms with Crippen LogP contribution in [0.2, 0.25) is 0 Å². The minimum absolute atomic E-state index is 0.124. The summed E-state index contributed by atoms with van der Waals surface area (Å²) in [6, 6.07) is 10.1. The molecule has 0 bridgehead atoms. The molecule has 8 heteroatoms. The quantitative estimate of drug-likeness (QED) is 0.376. The first-order valence-corrected chi connectivity index (χ1v) is 11.5. The second-order valence-corrected chi connectivity index (χ2v) is 8.69. The molecule has 1 saturated heterocycles. The first-order chi connectivity index (χ1) is 16.4. The van der Waals surface area contributed by atoms with Gasteiger partial charge >= 0.3 is 5.97 Å². The zero-order valence-corrected chi connectivity index (χ0v) is 19.0. The highest BCUT2D eigenvalue weighted by Gasteiger charge is 2.46. The van der Waals surface area contributed by atoms with Crippen molar-refractivity contribution < 1.29 is 28.3 Å². The zero-order chi connectivity index (χ0) is 24.2. The maximum atomic E-state index is 13.6. The van der Waals surface area contributed by atoms with Crippen LogP contribution in [0.5, 0.6) is 0 Å². The van der Waals surface area contributed by atoms with Crippen molar-refractivity contribution in [3.05, 3.63) is 65.5 Å². The molecule has 0 N–H and O–H groups in total. The largest absolute Gasteiger partial charge is 0.465 e. The molecular formula is C26H27FN2O5. The Hall–Kier alpha value is -3.55. The molecule has 2 aromatic rings. The number of carbonyl (C=O) groups excluding carboxylic acids is 4. The number of hydrogen-bond acceptors (Lipinski definition) is 5. The minimum atomic E-state index is -0.937. The van der Waals surface area contributed by atoms with Gasteiger partial charge in [0.15, 0.2) is 0 Å². The topological polar surface area (TPSA) is 84.0 Å². The Balaban J connectivity index is 1.65. The van der Waals surface area contributed by atoms with E-state index < -0.39 is 29.6 Å². The van der Waals surface area contributed by atoms with Gasteiger partial charge in [-0.15, -0.1) is 0 Å². The van der Waals surface area contributed by atoms with Gasteiger partial charge in [0, 0.05) is 11.6 Å². The molecule has 178 valence electrons. The Labute approximate surface area is 197 Å². The predicted octanol–water partition coefficient (Wildman–Crippen LogP) is 4.11. The van der Waals surface area contributed by atoms with E-state index in [1.165, 1.54) is 55.6 Å². The van der Waals surface area contributed by atoms with Crippen molar-refractivity contribution in [2.75, 3.05) is 12.0 Å². The number of amides is 3. The lowest BCUT2D eigenvalue weighted by Crippen LogP contribution is -2.50. The number of halogens is 1. The third-order valence-electron chi connectivity index (χ3n) is 6.55. The molecule has 0 radical (unpaired) electrons. The summed E-state index contributed by atoms with van der Waals surface area (Å²) in [5.41, 5.74) is 0.917. The molecule has 0 spiro atoms. The second kappa shape index (κ2) is 10.2. The van der Waals surface area contributed by atoms with Crippen molar-refractivity contribution in [3.8, 4) is 0 Å². The van der Waals surface area contributed by atoms with Crippen LogP contribution in [0.1, 0.15) is 65.7 Å². The van der Waals surface area contributed by atoms with E-state index in [-0.39, 0.29) is 23.9 Å². The van der Waals surface area contributed by atoms with Crippen LogP contribution < -0.4 is 4.90 Å². The van der Waals surface area contributed by atoms with Crippen LogP contribution in [-0.2, 0) is 14.3 Å². The average Bonchev–Trinajstić information content (AvgIpc) is 3.00. The number of anilines is 1. The lowest BCUT2D eigenvalue weighted by atomic mass is 10.0. The highest BCUT2D eigenvalue weighted by Crippen LogP contribution is 2.32. The Bertz CT molecular complexity index is 1080. The van der Waals surface area contributed by atoms with E-state index in [2.05, 4.69) is 0 Å². The molecule has 1 heterocycles. The van der Waals surface area contributed by atoms with Crippen molar-refractivity contribution in [1.29, 1.82) is 0 Å². The summed E-state index contributed by atoms with van der Waals surface area (Å²) in [4.78, 5) is 54.4. The molecule has 1 aliphatic heterocycles. The Morgan fingerprint density at radius 3 is 2.09 bits per heavy atom. The Morgan fingerprint density at radius 2 is 1.50 bits per heavy atom. The van der Waals surface area contributed by atoms with Gasteiger partial charge in [-0.2, -0.15) is 0 Å². The molecule has 1 saturated carbocycles. The summed E-state index contributed by atoms with van der Waals surface area (Å²) in [5.74, 6) is -2.23. The summed E-state index contributed by atoms with van der Waals surface area (Å²) in [5, 5.41) is 0. The van der Waals surface area contributed by atoms with Gasteiger partial charge in [0.05, 0.1) is 24.8 Å². The van der Waals surface area contributed by atoms with Gasteiger partial charge in [-0.25, -0.2) is 14.1 Å². The molecule has 1 atom stereocenters. The number of esters is 1. The first-order valence-electron chi connectivity index (χ1n) is 11.5. The van der Waals surface area contributed by atoms with E-state index >= 15 is 0 Å². The van der Waals surface area contributed by atoms with Crippen LogP contribution in [0, 0.1) is 5.82 Å². The molecule has 2 aliphatic rings. The minimum Gasteiger partial charge on any atom is -0.465 e. The van der Waals surface area contributed by atoms with Gasteiger partial charge in [0.25, 0.3) is 11.8 Å². The van der Waals surface area contributed by atoms with Crippen molar-refractivity contribution >= 4 is 29.4 Å². The van der Waals surface area contributed by atoms with Crippen LogP contribution in [0.3, 0.4) is 0 Å². The van der Waals surface area contributed by atoms with Gasteiger partial charge in [-0.1, -0.05) is 25.7 Å². The maximum Gasteiger partial charge on any atom is 0.337 e. The van der Waals surface area contributed by atoms with Crippen molar-refractivity contribution in [1.82, 2.24) is 4.90 Å². The summed E-state index contributed by atoms with van der Waals surface area (Å²) >= 11 is 0. The third-order valence-corrected chi connectivity index (χ3v) is 6.55. The molecule has 1 unspecified atom stereocenters.